The molecule has 88 valence electrons. The number of aromatic nitrogens is 2. The molecule has 1 heterocycles. The molecule has 0 fully saturated rings. The van der Waals surface area contributed by atoms with E-state index in [1.807, 2.05) is 0 Å². The third-order valence-corrected chi connectivity index (χ3v) is 2.22. The van der Waals surface area contributed by atoms with E-state index >= 15 is 0 Å². The monoisotopic (exact) mass is 233 g/mol. The second-order valence-electron chi connectivity index (χ2n) is 3.58. The SMILES string of the molecule is Cc1nnc(NC(=O)c2ccc(C)c(O)c2)o1. The average molecular weight is 233 g/mol. The number of hydrogen-bond donors (Lipinski definition) is 2. The molecule has 0 radical (unpaired) electrons. The van der Waals surface area contributed by atoms with Crippen molar-refractivity contribution >= 4 is 11.9 Å². The first-order valence-corrected chi connectivity index (χ1v) is 4.97. The van der Waals surface area contributed by atoms with E-state index in [1.165, 1.54) is 6.07 Å². The predicted octanol–water partition coefficient (Wildman–Crippen LogP) is 1.64. The lowest BCUT2D eigenvalue weighted by Gasteiger charge is -2.03. The fraction of sp³-hybridized carbons (Fsp3) is 0.182. The molecule has 0 unspecified atom stereocenters. The number of anilines is 1. The van der Waals surface area contributed by atoms with E-state index in [9.17, 15) is 9.90 Å². The van der Waals surface area contributed by atoms with Gasteiger partial charge in [-0.3, -0.25) is 10.1 Å². The van der Waals surface area contributed by atoms with Crippen molar-refractivity contribution in [3.63, 3.8) is 0 Å². The zero-order valence-corrected chi connectivity index (χ0v) is 9.39. The fourth-order valence-corrected chi connectivity index (χ4v) is 1.27. The molecule has 17 heavy (non-hydrogen) atoms. The molecule has 0 saturated heterocycles. The smallest absolute Gasteiger partial charge is 0.322 e. The Balaban J connectivity index is 2.17. The van der Waals surface area contributed by atoms with Gasteiger partial charge < -0.3 is 9.52 Å². The van der Waals surface area contributed by atoms with Crippen molar-refractivity contribution in [3.05, 3.63) is 35.2 Å². The van der Waals surface area contributed by atoms with Gasteiger partial charge in [-0.25, -0.2) is 0 Å². The van der Waals surface area contributed by atoms with Gasteiger partial charge >= 0.3 is 6.01 Å². The molecule has 6 nitrogen and oxygen atoms in total. The molecule has 1 aromatic heterocycles. The highest BCUT2D eigenvalue weighted by atomic mass is 16.4. The number of phenols is 1. The maximum atomic E-state index is 11.7. The summed E-state index contributed by atoms with van der Waals surface area (Å²) in [7, 11) is 0. The van der Waals surface area contributed by atoms with Gasteiger partial charge in [-0.05, 0) is 24.6 Å². The molecule has 0 bridgehead atoms. The summed E-state index contributed by atoms with van der Waals surface area (Å²) in [6, 6.07) is 4.68. The maximum absolute atomic E-state index is 11.7. The molecule has 0 saturated carbocycles. The molecule has 2 N–H and O–H groups in total. The van der Waals surface area contributed by atoms with E-state index in [1.54, 1.807) is 26.0 Å². The van der Waals surface area contributed by atoms with E-state index in [0.29, 0.717) is 17.0 Å². The number of phenolic OH excluding ortho intramolecular Hbond substituents is 1. The van der Waals surface area contributed by atoms with E-state index in [0.717, 1.165) is 0 Å². The van der Waals surface area contributed by atoms with Crippen LogP contribution in [0.3, 0.4) is 0 Å². The minimum atomic E-state index is -0.413. The lowest BCUT2D eigenvalue weighted by molar-refractivity contribution is 0.102. The van der Waals surface area contributed by atoms with Gasteiger partial charge in [0.05, 0.1) is 0 Å². The Morgan fingerprint density at radius 3 is 2.71 bits per heavy atom. The van der Waals surface area contributed by atoms with E-state index < -0.39 is 5.91 Å². The van der Waals surface area contributed by atoms with Crippen molar-refractivity contribution < 1.29 is 14.3 Å². The maximum Gasteiger partial charge on any atom is 0.322 e. The number of carbonyl (C=O) groups is 1. The van der Waals surface area contributed by atoms with Crippen LogP contribution in [0, 0.1) is 13.8 Å². The highest BCUT2D eigenvalue weighted by molar-refractivity contribution is 6.03. The Labute approximate surface area is 97.3 Å². The van der Waals surface area contributed by atoms with Gasteiger partial charge in [0, 0.05) is 12.5 Å². The number of aryl methyl sites for hydroxylation is 2. The van der Waals surface area contributed by atoms with Crippen LogP contribution in [0.15, 0.2) is 22.6 Å². The third-order valence-electron chi connectivity index (χ3n) is 2.22. The highest BCUT2D eigenvalue weighted by Crippen LogP contribution is 2.18. The van der Waals surface area contributed by atoms with Crippen LogP contribution in [0.2, 0.25) is 0 Å². The van der Waals surface area contributed by atoms with Gasteiger partial charge in [0.1, 0.15) is 5.75 Å². The summed E-state index contributed by atoms with van der Waals surface area (Å²) in [5, 5.41) is 19.1. The first kappa shape index (κ1) is 11.1. The normalized spacial score (nSPS) is 10.2. The molecule has 6 heteroatoms. The van der Waals surface area contributed by atoms with Crippen molar-refractivity contribution in [2.75, 3.05) is 5.32 Å². The Bertz CT molecular complexity index is 563. The summed E-state index contributed by atoms with van der Waals surface area (Å²) in [5.41, 5.74) is 1.03. The molecule has 0 spiro atoms. The van der Waals surface area contributed by atoms with E-state index in [4.69, 9.17) is 4.42 Å². The Morgan fingerprint density at radius 1 is 1.35 bits per heavy atom. The lowest BCUT2D eigenvalue weighted by atomic mass is 10.1. The number of amides is 1. The van der Waals surface area contributed by atoms with Crippen LogP contribution in [0.4, 0.5) is 6.01 Å². The second-order valence-corrected chi connectivity index (χ2v) is 3.58. The van der Waals surface area contributed by atoms with Gasteiger partial charge in [0.15, 0.2) is 0 Å². The van der Waals surface area contributed by atoms with Gasteiger partial charge in [0.25, 0.3) is 5.91 Å². The highest BCUT2D eigenvalue weighted by Gasteiger charge is 2.11. The molecule has 0 aliphatic rings. The number of benzene rings is 1. The van der Waals surface area contributed by atoms with Crippen LogP contribution in [-0.2, 0) is 0 Å². The summed E-state index contributed by atoms with van der Waals surface area (Å²) in [6.45, 7) is 3.37. The topological polar surface area (TPSA) is 88.2 Å². The number of aromatic hydroxyl groups is 1. The Hall–Kier alpha value is -2.37. The quantitative estimate of drug-likeness (QED) is 0.823. The molecular weight excluding hydrogens is 222 g/mol. The molecule has 1 aromatic carbocycles. The summed E-state index contributed by atoms with van der Waals surface area (Å²) < 4.78 is 5.01. The number of nitrogens with zero attached hydrogens (tertiary/aromatic N) is 2. The molecular formula is C11H11N3O3. The molecule has 2 rings (SSSR count). The van der Waals surface area contributed by atoms with Gasteiger partial charge in [0.2, 0.25) is 5.89 Å². The van der Waals surface area contributed by atoms with Crippen molar-refractivity contribution in [2.24, 2.45) is 0 Å². The molecule has 2 aromatic rings. The van der Waals surface area contributed by atoms with Crippen molar-refractivity contribution in [1.29, 1.82) is 0 Å². The standard InChI is InChI=1S/C11H11N3O3/c1-6-3-4-8(5-9(6)15)10(16)12-11-14-13-7(2)17-11/h3-5,15H,1-2H3,(H,12,14,16). The Morgan fingerprint density at radius 2 is 2.12 bits per heavy atom. The number of nitrogens with one attached hydrogen (secondary N) is 1. The Kier molecular flexibility index (Phi) is 2.78. The van der Waals surface area contributed by atoms with Gasteiger partial charge in [-0.1, -0.05) is 11.2 Å². The first-order valence-electron chi connectivity index (χ1n) is 4.97. The third kappa shape index (κ3) is 2.41. The summed E-state index contributed by atoms with van der Waals surface area (Å²) in [4.78, 5) is 11.7. The van der Waals surface area contributed by atoms with Crippen molar-refractivity contribution in [2.45, 2.75) is 13.8 Å². The van der Waals surface area contributed by atoms with Crippen LogP contribution in [0.5, 0.6) is 5.75 Å². The van der Waals surface area contributed by atoms with Crippen LogP contribution < -0.4 is 5.32 Å². The predicted molar refractivity (Wildman–Crippen MR) is 59.8 cm³/mol. The molecule has 0 atom stereocenters. The second kappa shape index (κ2) is 4.25. The number of hydrogen-bond acceptors (Lipinski definition) is 5. The first-order chi connectivity index (χ1) is 8.06. The number of carbonyl (C=O) groups excluding carboxylic acids is 1. The van der Waals surface area contributed by atoms with Crippen molar-refractivity contribution in [1.82, 2.24) is 10.2 Å². The lowest BCUT2D eigenvalue weighted by Crippen LogP contribution is -2.12. The minimum absolute atomic E-state index is 0.0348. The molecule has 0 aliphatic heterocycles. The van der Waals surface area contributed by atoms with Crippen LogP contribution >= 0.6 is 0 Å². The van der Waals surface area contributed by atoms with Gasteiger partial charge in [-0.2, -0.15) is 0 Å². The van der Waals surface area contributed by atoms with Crippen LogP contribution in [0.25, 0.3) is 0 Å². The zero-order valence-electron chi connectivity index (χ0n) is 9.39. The van der Waals surface area contributed by atoms with Gasteiger partial charge in [-0.15, -0.1) is 5.10 Å². The largest absolute Gasteiger partial charge is 0.508 e. The number of rotatable bonds is 2. The molecule has 1 amide bonds. The average Bonchev–Trinajstić information content (AvgIpc) is 2.68. The minimum Gasteiger partial charge on any atom is -0.508 e. The fourth-order valence-electron chi connectivity index (χ4n) is 1.27. The van der Waals surface area contributed by atoms with Crippen molar-refractivity contribution in [3.8, 4) is 5.75 Å². The molecule has 0 aliphatic carbocycles. The summed E-state index contributed by atoms with van der Waals surface area (Å²) in [5.74, 6) is 0.0235. The van der Waals surface area contributed by atoms with Crippen LogP contribution in [-0.4, -0.2) is 21.2 Å². The summed E-state index contributed by atoms with van der Waals surface area (Å²) in [6.07, 6.45) is 0. The zero-order chi connectivity index (χ0) is 12.4. The van der Waals surface area contributed by atoms with Crippen LogP contribution in [0.1, 0.15) is 21.8 Å². The summed E-state index contributed by atoms with van der Waals surface area (Å²) >= 11 is 0. The van der Waals surface area contributed by atoms with E-state index in [-0.39, 0.29) is 11.8 Å². The van der Waals surface area contributed by atoms with E-state index in [2.05, 4.69) is 15.5 Å².